The summed E-state index contributed by atoms with van der Waals surface area (Å²) in [6.07, 6.45) is 0.953. The predicted octanol–water partition coefficient (Wildman–Crippen LogP) is 3.60. The highest BCUT2D eigenvalue weighted by Crippen LogP contribution is 2.24. The van der Waals surface area contributed by atoms with Crippen molar-refractivity contribution in [3.63, 3.8) is 0 Å². The first kappa shape index (κ1) is 14.9. The molecule has 1 aromatic carbocycles. The molecule has 0 atom stereocenters. The van der Waals surface area contributed by atoms with E-state index in [1.807, 2.05) is 0 Å². The zero-order chi connectivity index (χ0) is 13.7. The number of hydrogen-bond donors (Lipinski definition) is 1. The van der Waals surface area contributed by atoms with Crippen LogP contribution in [-0.4, -0.2) is 23.3 Å². The van der Waals surface area contributed by atoms with Gasteiger partial charge in [0.05, 0.1) is 0 Å². The van der Waals surface area contributed by atoms with Crippen LogP contribution in [0.3, 0.4) is 0 Å². The number of nitrogens with one attached hydrogen (secondary N) is 1. The highest BCUT2D eigenvalue weighted by atomic mass is 127. The molecule has 0 bridgehead atoms. The smallest absolute Gasteiger partial charge is 0.147 e. The van der Waals surface area contributed by atoms with Gasteiger partial charge in [-0.25, -0.2) is 0 Å². The van der Waals surface area contributed by atoms with Crippen LogP contribution in [-0.2, 0) is 6.42 Å². The van der Waals surface area contributed by atoms with Gasteiger partial charge in [-0.1, -0.05) is 37.3 Å². The molecule has 2 aromatic rings. The summed E-state index contributed by atoms with van der Waals surface area (Å²) < 4.78 is 1.24. The lowest BCUT2D eigenvalue weighted by atomic mass is 10.2. The van der Waals surface area contributed by atoms with E-state index >= 15 is 0 Å². The Bertz CT molecular complexity index is 508. The maximum absolute atomic E-state index is 4.27. The third-order valence-electron chi connectivity index (χ3n) is 2.63. The van der Waals surface area contributed by atoms with E-state index in [0.717, 1.165) is 35.1 Å². The van der Waals surface area contributed by atoms with Crippen LogP contribution in [0.1, 0.15) is 18.9 Å². The Labute approximate surface area is 132 Å². The second-order valence-corrected chi connectivity index (χ2v) is 7.16. The highest BCUT2D eigenvalue weighted by Gasteiger charge is 2.06. The van der Waals surface area contributed by atoms with Gasteiger partial charge in [-0.15, -0.1) is 10.2 Å². The molecule has 5 heteroatoms. The molecule has 1 N–H and O–H groups in total. The number of aromatic nitrogens is 2. The summed E-state index contributed by atoms with van der Waals surface area (Å²) in [7, 11) is 0. The molecule has 0 unspecified atom stereocenters. The molecule has 0 aliphatic rings. The van der Waals surface area contributed by atoms with Crippen molar-refractivity contribution in [3.8, 4) is 10.6 Å². The van der Waals surface area contributed by atoms with Crippen molar-refractivity contribution < 1.29 is 0 Å². The van der Waals surface area contributed by atoms with E-state index < -0.39 is 0 Å². The second-order valence-electron chi connectivity index (χ2n) is 4.86. The number of hydrogen-bond acceptors (Lipinski definition) is 4. The van der Waals surface area contributed by atoms with Crippen molar-refractivity contribution in [1.29, 1.82) is 0 Å². The molecule has 19 heavy (non-hydrogen) atoms. The Balaban J connectivity index is 1.90. The van der Waals surface area contributed by atoms with E-state index in [0.29, 0.717) is 5.92 Å². The Kier molecular flexibility index (Phi) is 5.72. The fourth-order valence-corrected chi connectivity index (χ4v) is 2.85. The average Bonchev–Trinajstić information content (AvgIpc) is 2.84. The Morgan fingerprint density at radius 2 is 1.95 bits per heavy atom. The van der Waals surface area contributed by atoms with Crippen LogP contribution in [0, 0.1) is 9.49 Å². The number of nitrogens with zero attached hydrogens (tertiary/aromatic N) is 2. The van der Waals surface area contributed by atoms with Crippen LogP contribution in [0.25, 0.3) is 10.6 Å². The average molecular weight is 387 g/mol. The van der Waals surface area contributed by atoms with E-state index in [2.05, 4.69) is 76.2 Å². The zero-order valence-corrected chi connectivity index (χ0v) is 14.2. The van der Waals surface area contributed by atoms with Crippen LogP contribution in [0.5, 0.6) is 0 Å². The maximum atomic E-state index is 4.27. The first-order valence-corrected chi connectivity index (χ1v) is 8.33. The summed E-state index contributed by atoms with van der Waals surface area (Å²) in [6.45, 7) is 6.46. The molecule has 0 fully saturated rings. The Morgan fingerprint density at radius 3 is 2.63 bits per heavy atom. The molecule has 0 saturated carbocycles. The molecule has 0 aliphatic heterocycles. The Morgan fingerprint density at radius 1 is 1.21 bits per heavy atom. The van der Waals surface area contributed by atoms with E-state index in [4.69, 9.17) is 0 Å². The first-order valence-electron chi connectivity index (χ1n) is 6.44. The zero-order valence-electron chi connectivity index (χ0n) is 11.2. The van der Waals surface area contributed by atoms with Crippen LogP contribution < -0.4 is 5.32 Å². The van der Waals surface area contributed by atoms with Gasteiger partial charge in [0.15, 0.2) is 0 Å². The van der Waals surface area contributed by atoms with Gasteiger partial charge in [0.25, 0.3) is 0 Å². The minimum absolute atomic E-state index is 0.691. The van der Waals surface area contributed by atoms with Crippen molar-refractivity contribution >= 4 is 33.9 Å². The van der Waals surface area contributed by atoms with Crippen LogP contribution >= 0.6 is 33.9 Å². The van der Waals surface area contributed by atoms with Gasteiger partial charge in [-0.2, -0.15) is 0 Å². The second kappa shape index (κ2) is 7.31. The molecule has 3 nitrogen and oxygen atoms in total. The van der Waals surface area contributed by atoms with Crippen molar-refractivity contribution in [2.75, 3.05) is 13.1 Å². The quantitative estimate of drug-likeness (QED) is 0.608. The van der Waals surface area contributed by atoms with E-state index in [9.17, 15) is 0 Å². The number of halogens is 1. The molecule has 0 aliphatic carbocycles. The summed E-state index contributed by atoms with van der Waals surface area (Å²) in [4.78, 5) is 0. The fraction of sp³-hybridized carbons (Fsp3) is 0.429. The lowest BCUT2D eigenvalue weighted by Gasteiger charge is -2.05. The molecule has 0 radical (unpaired) electrons. The minimum atomic E-state index is 0.691. The van der Waals surface area contributed by atoms with Gasteiger partial charge in [0, 0.05) is 22.1 Å². The Hall–Kier alpha value is -0.530. The molecular formula is C14H18IN3S. The summed E-state index contributed by atoms with van der Waals surface area (Å²) in [5, 5.41) is 14.1. The highest BCUT2D eigenvalue weighted by molar-refractivity contribution is 14.1. The van der Waals surface area contributed by atoms with E-state index in [-0.39, 0.29) is 0 Å². The van der Waals surface area contributed by atoms with Crippen LogP contribution in [0.15, 0.2) is 24.3 Å². The van der Waals surface area contributed by atoms with Crippen LogP contribution in [0.4, 0.5) is 0 Å². The molecule has 0 amide bonds. The molecule has 1 heterocycles. The molecular weight excluding hydrogens is 369 g/mol. The standard InChI is InChI=1S/C14H18IN3S/c1-10(2)9-16-8-7-13-17-18-14(19-13)11-3-5-12(15)6-4-11/h3-6,10,16H,7-9H2,1-2H3. The fourth-order valence-electron chi connectivity index (χ4n) is 1.65. The topological polar surface area (TPSA) is 37.8 Å². The molecule has 1 aromatic heterocycles. The number of benzene rings is 1. The van der Waals surface area contributed by atoms with E-state index in [1.54, 1.807) is 11.3 Å². The van der Waals surface area contributed by atoms with Gasteiger partial charge in [0.1, 0.15) is 10.0 Å². The third kappa shape index (κ3) is 4.81. The van der Waals surface area contributed by atoms with Gasteiger partial charge in [0.2, 0.25) is 0 Å². The van der Waals surface area contributed by atoms with Crippen molar-refractivity contribution in [2.24, 2.45) is 5.92 Å². The van der Waals surface area contributed by atoms with Crippen LogP contribution in [0.2, 0.25) is 0 Å². The largest absolute Gasteiger partial charge is 0.316 e. The summed E-state index contributed by atoms with van der Waals surface area (Å²) in [5.74, 6) is 0.691. The van der Waals surface area contributed by atoms with Gasteiger partial charge >= 0.3 is 0 Å². The first-order chi connectivity index (χ1) is 9.15. The SMILES string of the molecule is CC(C)CNCCc1nnc(-c2ccc(I)cc2)s1. The van der Waals surface area contributed by atoms with Gasteiger partial charge in [-0.05, 0) is 47.2 Å². The van der Waals surface area contributed by atoms with Crippen molar-refractivity contribution in [1.82, 2.24) is 15.5 Å². The lowest BCUT2D eigenvalue weighted by molar-refractivity contribution is 0.553. The van der Waals surface area contributed by atoms with Crippen molar-refractivity contribution in [2.45, 2.75) is 20.3 Å². The summed E-state index contributed by atoms with van der Waals surface area (Å²) >= 11 is 3.99. The lowest BCUT2D eigenvalue weighted by Crippen LogP contribution is -2.22. The molecule has 102 valence electrons. The molecule has 2 rings (SSSR count). The van der Waals surface area contributed by atoms with Gasteiger partial charge < -0.3 is 5.32 Å². The summed E-state index contributed by atoms with van der Waals surface area (Å²) in [5.41, 5.74) is 1.15. The monoisotopic (exact) mass is 387 g/mol. The molecule has 0 saturated heterocycles. The number of rotatable bonds is 6. The normalized spacial score (nSPS) is 11.2. The maximum Gasteiger partial charge on any atom is 0.147 e. The predicted molar refractivity (Wildman–Crippen MR) is 89.5 cm³/mol. The van der Waals surface area contributed by atoms with Gasteiger partial charge in [-0.3, -0.25) is 0 Å². The van der Waals surface area contributed by atoms with E-state index in [1.165, 1.54) is 3.57 Å². The van der Waals surface area contributed by atoms with Crippen molar-refractivity contribution in [3.05, 3.63) is 32.8 Å². The third-order valence-corrected chi connectivity index (χ3v) is 4.38. The molecule has 0 spiro atoms. The summed E-state index contributed by atoms with van der Waals surface area (Å²) in [6, 6.07) is 8.40. The minimum Gasteiger partial charge on any atom is -0.316 e.